The topological polar surface area (TPSA) is 28.4 Å². The third kappa shape index (κ3) is 3.82. The number of aromatic nitrogens is 1. The van der Waals surface area contributed by atoms with Crippen LogP contribution >= 0.6 is 0 Å². The highest BCUT2D eigenvalue weighted by atomic mass is 19.1. The lowest BCUT2D eigenvalue weighted by Crippen LogP contribution is -2.35. The fourth-order valence-corrected chi connectivity index (χ4v) is 3.51. The zero-order valence-electron chi connectivity index (χ0n) is 13.5. The molecule has 3 nitrogen and oxygen atoms in total. The normalized spacial score (nSPS) is 17.3. The number of benzene rings is 1. The van der Waals surface area contributed by atoms with Crippen LogP contribution in [0, 0.1) is 5.82 Å². The molecule has 0 saturated carbocycles. The molecule has 1 N–H and O–H groups in total. The standard InChI is InChI=1S/C19H25FN2O/c20-17-9-7-16(8-10-17)19(22-11-2-1-3-12-22)18-6-4-13-21(18)14-5-15-23/h4,6-10,13,19,23H,1-3,5,11-12,14-15H2. The fourth-order valence-electron chi connectivity index (χ4n) is 3.51. The van der Waals surface area contributed by atoms with Crippen molar-refractivity contribution in [3.63, 3.8) is 0 Å². The Balaban J connectivity index is 1.94. The van der Waals surface area contributed by atoms with Crippen LogP contribution in [0.5, 0.6) is 0 Å². The van der Waals surface area contributed by atoms with Crippen molar-refractivity contribution in [3.05, 3.63) is 59.7 Å². The molecule has 0 radical (unpaired) electrons. The Morgan fingerprint density at radius 1 is 1.04 bits per heavy atom. The molecule has 3 rings (SSSR count). The molecule has 1 aliphatic rings. The summed E-state index contributed by atoms with van der Waals surface area (Å²) >= 11 is 0. The average molecular weight is 316 g/mol. The quantitative estimate of drug-likeness (QED) is 0.882. The van der Waals surface area contributed by atoms with Crippen molar-refractivity contribution in [1.82, 2.24) is 9.47 Å². The molecule has 1 aromatic heterocycles. The van der Waals surface area contributed by atoms with Crippen molar-refractivity contribution >= 4 is 0 Å². The van der Waals surface area contributed by atoms with Crippen LogP contribution in [0.2, 0.25) is 0 Å². The first-order valence-electron chi connectivity index (χ1n) is 8.55. The van der Waals surface area contributed by atoms with E-state index in [9.17, 15) is 4.39 Å². The van der Waals surface area contributed by atoms with Crippen molar-refractivity contribution < 1.29 is 9.50 Å². The van der Waals surface area contributed by atoms with Crippen molar-refractivity contribution in [2.75, 3.05) is 19.7 Å². The number of aliphatic hydroxyl groups is 1. The second kappa shape index (κ2) is 7.75. The highest BCUT2D eigenvalue weighted by Gasteiger charge is 2.26. The van der Waals surface area contributed by atoms with Crippen LogP contribution in [0.25, 0.3) is 0 Å². The molecule has 1 saturated heterocycles. The molecule has 1 atom stereocenters. The number of halogens is 1. The van der Waals surface area contributed by atoms with Gasteiger partial charge >= 0.3 is 0 Å². The van der Waals surface area contributed by atoms with Gasteiger partial charge in [0.15, 0.2) is 0 Å². The molecule has 4 heteroatoms. The molecular formula is C19H25FN2O. The molecule has 0 bridgehead atoms. The van der Waals surface area contributed by atoms with Crippen LogP contribution < -0.4 is 0 Å². The van der Waals surface area contributed by atoms with E-state index in [1.165, 1.54) is 25.0 Å². The monoisotopic (exact) mass is 316 g/mol. The Bertz CT molecular complexity index is 602. The van der Waals surface area contributed by atoms with E-state index in [0.717, 1.165) is 31.6 Å². The van der Waals surface area contributed by atoms with Crippen LogP contribution in [0.4, 0.5) is 4.39 Å². The summed E-state index contributed by atoms with van der Waals surface area (Å²) in [5, 5.41) is 9.13. The third-order valence-corrected chi connectivity index (χ3v) is 4.64. The smallest absolute Gasteiger partial charge is 0.123 e. The number of aryl methyl sites for hydroxylation is 1. The van der Waals surface area contributed by atoms with Gasteiger partial charge in [0.1, 0.15) is 5.82 Å². The predicted molar refractivity (Wildman–Crippen MR) is 89.8 cm³/mol. The lowest BCUT2D eigenvalue weighted by atomic mass is 9.98. The van der Waals surface area contributed by atoms with Gasteiger partial charge in [0, 0.05) is 25.0 Å². The molecule has 23 heavy (non-hydrogen) atoms. The molecule has 0 spiro atoms. The summed E-state index contributed by atoms with van der Waals surface area (Å²) in [6.07, 6.45) is 6.55. The summed E-state index contributed by atoms with van der Waals surface area (Å²) in [5.41, 5.74) is 2.37. The Labute approximate surface area is 137 Å². The number of hydrogen-bond donors (Lipinski definition) is 1. The van der Waals surface area contributed by atoms with E-state index >= 15 is 0 Å². The minimum atomic E-state index is -0.193. The van der Waals surface area contributed by atoms with Gasteiger partial charge in [-0.1, -0.05) is 18.6 Å². The first-order valence-corrected chi connectivity index (χ1v) is 8.55. The van der Waals surface area contributed by atoms with E-state index in [4.69, 9.17) is 5.11 Å². The lowest BCUT2D eigenvalue weighted by molar-refractivity contribution is 0.180. The first kappa shape index (κ1) is 16.2. The van der Waals surface area contributed by atoms with Crippen LogP contribution in [-0.4, -0.2) is 34.3 Å². The number of likely N-dealkylation sites (tertiary alicyclic amines) is 1. The highest BCUT2D eigenvalue weighted by Crippen LogP contribution is 2.31. The molecule has 124 valence electrons. The average Bonchev–Trinajstić information content (AvgIpc) is 3.04. The van der Waals surface area contributed by atoms with Gasteiger partial charge in [-0.25, -0.2) is 4.39 Å². The minimum Gasteiger partial charge on any atom is -0.396 e. The molecule has 0 aliphatic carbocycles. The Morgan fingerprint density at radius 3 is 2.48 bits per heavy atom. The molecule has 1 aromatic carbocycles. The van der Waals surface area contributed by atoms with Gasteiger partial charge in [-0.3, -0.25) is 4.90 Å². The van der Waals surface area contributed by atoms with E-state index in [2.05, 4.69) is 27.8 Å². The van der Waals surface area contributed by atoms with Crippen molar-refractivity contribution in [2.45, 2.75) is 38.3 Å². The van der Waals surface area contributed by atoms with Gasteiger partial charge in [0.25, 0.3) is 0 Å². The number of nitrogens with zero attached hydrogens (tertiary/aromatic N) is 2. The van der Waals surface area contributed by atoms with Crippen LogP contribution in [0.1, 0.15) is 43.0 Å². The number of piperidine rings is 1. The Morgan fingerprint density at radius 2 is 1.78 bits per heavy atom. The SMILES string of the molecule is OCCCn1cccc1C(c1ccc(F)cc1)N1CCCCC1. The van der Waals surface area contributed by atoms with E-state index in [-0.39, 0.29) is 18.5 Å². The second-order valence-corrected chi connectivity index (χ2v) is 6.25. The minimum absolute atomic E-state index is 0.157. The van der Waals surface area contributed by atoms with Gasteiger partial charge in [-0.05, 0) is 62.2 Å². The predicted octanol–water partition coefficient (Wildman–Crippen LogP) is 3.58. The zero-order valence-corrected chi connectivity index (χ0v) is 13.5. The number of rotatable bonds is 6. The van der Waals surface area contributed by atoms with E-state index in [1.807, 2.05) is 12.1 Å². The summed E-state index contributed by atoms with van der Waals surface area (Å²) in [5.74, 6) is -0.193. The number of aliphatic hydroxyl groups excluding tert-OH is 1. The molecular weight excluding hydrogens is 291 g/mol. The van der Waals surface area contributed by atoms with Crippen molar-refractivity contribution in [1.29, 1.82) is 0 Å². The van der Waals surface area contributed by atoms with Crippen LogP contribution in [0.3, 0.4) is 0 Å². The maximum atomic E-state index is 13.3. The van der Waals surface area contributed by atoms with Crippen molar-refractivity contribution in [2.24, 2.45) is 0 Å². The largest absolute Gasteiger partial charge is 0.396 e. The summed E-state index contributed by atoms with van der Waals surface area (Å²) in [6, 6.07) is 11.3. The van der Waals surface area contributed by atoms with Gasteiger partial charge in [0.05, 0.1) is 6.04 Å². The molecule has 1 aliphatic heterocycles. The maximum Gasteiger partial charge on any atom is 0.123 e. The van der Waals surface area contributed by atoms with Gasteiger partial charge in [-0.2, -0.15) is 0 Å². The maximum absolute atomic E-state index is 13.3. The lowest BCUT2D eigenvalue weighted by Gasteiger charge is -2.35. The molecule has 2 heterocycles. The summed E-state index contributed by atoms with van der Waals surface area (Å²) in [6.45, 7) is 3.16. The Kier molecular flexibility index (Phi) is 5.47. The van der Waals surface area contributed by atoms with E-state index in [0.29, 0.717) is 0 Å². The fraction of sp³-hybridized carbons (Fsp3) is 0.474. The van der Waals surface area contributed by atoms with Crippen molar-refractivity contribution in [3.8, 4) is 0 Å². The summed E-state index contributed by atoms with van der Waals surface area (Å²) in [7, 11) is 0. The van der Waals surface area contributed by atoms with Crippen LogP contribution in [-0.2, 0) is 6.54 Å². The Hall–Kier alpha value is -1.65. The van der Waals surface area contributed by atoms with E-state index in [1.54, 1.807) is 12.1 Å². The number of hydrogen-bond acceptors (Lipinski definition) is 2. The third-order valence-electron chi connectivity index (χ3n) is 4.64. The molecule has 0 amide bonds. The molecule has 2 aromatic rings. The first-order chi connectivity index (χ1) is 11.3. The molecule has 1 unspecified atom stereocenters. The van der Waals surface area contributed by atoms with Gasteiger partial charge in [-0.15, -0.1) is 0 Å². The second-order valence-electron chi connectivity index (χ2n) is 6.25. The highest BCUT2D eigenvalue weighted by molar-refractivity contribution is 5.29. The molecule has 1 fully saturated rings. The van der Waals surface area contributed by atoms with Gasteiger partial charge in [0.2, 0.25) is 0 Å². The van der Waals surface area contributed by atoms with E-state index < -0.39 is 0 Å². The summed E-state index contributed by atoms with van der Waals surface area (Å²) < 4.78 is 15.6. The summed E-state index contributed by atoms with van der Waals surface area (Å²) in [4.78, 5) is 2.50. The van der Waals surface area contributed by atoms with Gasteiger partial charge < -0.3 is 9.67 Å². The van der Waals surface area contributed by atoms with Crippen LogP contribution in [0.15, 0.2) is 42.6 Å². The zero-order chi connectivity index (χ0) is 16.1.